The lowest BCUT2D eigenvalue weighted by atomic mass is 10.0. The highest BCUT2D eigenvalue weighted by Crippen LogP contribution is 2.34. The summed E-state index contributed by atoms with van der Waals surface area (Å²) in [5.41, 5.74) is 15.0. The molecule has 4 atom stereocenters. The number of rotatable bonds is 16. The van der Waals surface area contributed by atoms with Crippen molar-refractivity contribution in [2.75, 3.05) is 0 Å². The number of halogens is 4. The van der Waals surface area contributed by atoms with E-state index in [2.05, 4.69) is 79.6 Å². The minimum absolute atomic E-state index is 0.0912. The number of hydrogen-bond acceptors (Lipinski definition) is 18. The number of carbonyl (C=O) groups excluding carboxylic acids is 1. The van der Waals surface area contributed by atoms with Crippen molar-refractivity contribution in [2.45, 2.75) is 141 Å². The number of benzene rings is 8. The van der Waals surface area contributed by atoms with E-state index in [0.29, 0.717) is 70.6 Å². The molecule has 0 fully saturated rings. The molecule has 16 rings (SSSR count). The summed E-state index contributed by atoms with van der Waals surface area (Å²) in [6.07, 6.45) is 24.6. The number of aromatic hydroxyl groups is 1. The van der Waals surface area contributed by atoms with E-state index in [9.17, 15) is 23.5 Å². The van der Waals surface area contributed by atoms with Gasteiger partial charge >= 0.3 is 5.97 Å². The zero-order chi connectivity index (χ0) is 79.4. The number of phenolic OH excluding ortho intramolecular Hbond substituents is 1. The first kappa shape index (κ1) is 82.1. The van der Waals surface area contributed by atoms with Gasteiger partial charge in [0.05, 0.1) is 5.56 Å². The van der Waals surface area contributed by atoms with Gasteiger partial charge in [-0.1, -0.05) is 124 Å². The predicted octanol–water partition coefficient (Wildman–Crippen LogP) is 22.3. The van der Waals surface area contributed by atoms with E-state index in [0.717, 1.165) is 143 Å². The molecule has 5 N–H and O–H groups in total. The number of allylic oxidation sites excluding steroid dienone is 6. The summed E-state index contributed by atoms with van der Waals surface area (Å²) in [6, 6.07) is 58.7. The third-order valence-corrected chi connectivity index (χ3v) is 20.0. The van der Waals surface area contributed by atoms with Gasteiger partial charge in [0.1, 0.15) is 64.8 Å². The number of nitrogens with zero attached hydrogens (tertiary/aromatic N) is 7. The average Bonchev–Trinajstić information content (AvgIpc) is 1.72. The molecule has 0 spiro atoms. The van der Waals surface area contributed by atoms with E-state index in [1.54, 1.807) is 103 Å². The van der Waals surface area contributed by atoms with Gasteiger partial charge in [-0.3, -0.25) is 4.79 Å². The van der Waals surface area contributed by atoms with Crippen molar-refractivity contribution < 1.29 is 66.3 Å². The minimum atomic E-state index is -0.875. The summed E-state index contributed by atoms with van der Waals surface area (Å²) in [7, 11) is 0. The molecule has 8 aromatic carbocycles. The number of hydrogen-bond donors (Lipinski definition) is 4. The highest BCUT2D eigenvalue weighted by Gasteiger charge is 2.24. The van der Waals surface area contributed by atoms with Crippen molar-refractivity contribution in [2.24, 2.45) is 10.9 Å². The molecule has 3 aromatic heterocycles. The lowest BCUT2D eigenvalue weighted by Crippen LogP contribution is -2.19. The zero-order valence-electron chi connectivity index (χ0n) is 62.6. The Bertz CT molecular complexity index is 4720. The van der Waals surface area contributed by atoms with Crippen molar-refractivity contribution in [1.82, 2.24) is 30.4 Å². The van der Waals surface area contributed by atoms with Gasteiger partial charge in [-0.15, -0.1) is 0 Å². The molecule has 20 nitrogen and oxygen atoms in total. The number of phenols is 1. The van der Waals surface area contributed by atoms with Crippen LogP contribution in [-0.2, 0) is 4.79 Å². The Morgan fingerprint density at radius 3 is 1.08 bits per heavy atom. The van der Waals surface area contributed by atoms with Crippen LogP contribution in [0.1, 0.15) is 129 Å². The van der Waals surface area contributed by atoms with Crippen LogP contribution in [0.4, 0.5) is 8.78 Å². The summed E-state index contributed by atoms with van der Waals surface area (Å²) < 4.78 is 69.2. The number of carboxylic acids is 1. The maximum Gasteiger partial charge on any atom is 0.335 e. The van der Waals surface area contributed by atoms with Gasteiger partial charge in [0.2, 0.25) is 17.5 Å². The molecule has 0 aliphatic heterocycles. The number of nitrogens with two attached hydrogens (primary N) is 1. The highest BCUT2D eigenvalue weighted by atomic mass is 79.9. The molecule has 3 heterocycles. The number of amidine groups is 1. The van der Waals surface area contributed by atoms with Gasteiger partial charge < -0.3 is 53.7 Å². The van der Waals surface area contributed by atoms with Gasteiger partial charge in [0.15, 0.2) is 11.6 Å². The Kier molecular flexibility index (Phi) is 30.1. The van der Waals surface area contributed by atoms with Crippen LogP contribution in [0.5, 0.6) is 28.7 Å². The smallest absolute Gasteiger partial charge is 0.335 e. The van der Waals surface area contributed by atoms with Crippen LogP contribution >= 0.6 is 31.9 Å². The van der Waals surface area contributed by atoms with E-state index in [-0.39, 0.29) is 41.2 Å². The lowest BCUT2D eigenvalue weighted by molar-refractivity contribution is -0.114. The van der Waals surface area contributed by atoms with Crippen molar-refractivity contribution in [3.8, 4) is 97.3 Å². The van der Waals surface area contributed by atoms with E-state index in [1.807, 2.05) is 136 Å². The first-order valence-corrected chi connectivity index (χ1v) is 38.9. The van der Waals surface area contributed by atoms with Crippen LogP contribution in [0.25, 0.3) is 68.5 Å². The first-order chi connectivity index (χ1) is 54.9. The van der Waals surface area contributed by atoms with Crippen LogP contribution in [0, 0.1) is 20.8 Å². The maximum absolute atomic E-state index is 13.8. The Morgan fingerprint density at radius 2 is 0.761 bits per heavy atom. The molecule has 0 amide bonds. The Labute approximate surface area is 670 Å². The molecule has 5 aliphatic rings. The second-order valence-corrected chi connectivity index (χ2v) is 28.9. The lowest BCUT2D eigenvalue weighted by Gasteiger charge is -2.22. The largest absolute Gasteiger partial charge is 0.508 e. The quantitative estimate of drug-likeness (QED) is 0.0302. The van der Waals surface area contributed by atoms with Crippen LogP contribution in [0.3, 0.4) is 0 Å². The SMILES string of the molecule is Cc1ccc(-c2nc(-c3ccc(OC4CCCC=C4Br)cc3)no2)cc1.Cc1ccc(-c2nc(-c3ccc(OC4CCCC=C4F)cc3)no2)cc1.Cc1ccc(C(=O)O)cc1.N/C(=N\O)c1ccc(OC2CCCC=C2Br)cc1.O=C1C=CCCC1.Oc1ccc(-c2nc(-c3ccc(OC4CCCC=C4F)cc3)no2)cc1. The molecular weight excluding hydrogens is 1570 g/mol. The topological polar surface area (TPSA) is 287 Å². The van der Waals surface area contributed by atoms with Gasteiger partial charge in [-0.2, -0.15) is 15.0 Å². The van der Waals surface area contributed by atoms with Crippen molar-refractivity contribution in [1.29, 1.82) is 0 Å². The van der Waals surface area contributed by atoms with Gasteiger partial charge in [-0.25, -0.2) is 13.6 Å². The third kappa shape index (κ3) is 24.8. The minimum Gasteiger partial charge on any atom is -0.508 e. The molecule has 0 saturated carbocycles. The highest BCUT2D eigenvalue weighted by molar-refractivity contribution is 9.12. The first-order valence-electron chi connectivity index (χ1n) is 37.3. The molecule has 0 radical (unpaired) electrons. The molecule has 0 bridgehead atoms. The van der Waals surface area contributed by atoms with Crippen molar-refractivity contribution >= 4 is 49.4 Å². The molecule has 4 unspecified atom stereocenters. The standard InChI is InChI=1S/C21H19BrN2O2.C21H19FN2O2.C20H17FN2O3.C13H15BrN2O2.C8H8O2.C6H8O/c2*1-14-6-8-16(9-7-14)21-23-20(24-26-21)15-10-12-17(13-11-15)25-19-5-3-2-4-18(19)22;21-17-3-1-2-4-18(17)25-16-11-7-13(8-12-16)19-22-20(26-23-19)14-5-9-15(24)10-6-14;14-11-3-1-2-4-12(11)18-10-7-5-9(6-8-10)13(15)16-17;1-6-2-4-7(5-3-6)8(9)10;7-6-4-2-1-3-5-6/h2*4,6-13,19H,2-3,5H2,1H3;3,5-12,18,24H,1-2,4H2;3,5-8,12,17H,1-2,4H2,(H2,15,16);2-5H,1H3,(H,9,10);2,4H,1,3,5H2. The number of ketones is 1. The van der Waals surface area contributed by atoms with Gasteiger partial charge in [-0.05, 0) is 287 Å². The monoisotopic (exact) mass is 1650 g/mol. The van der Waals surface area contributed by atoms with Crippen LogP contribution in [0.2, 0.25) is 0 Å². The molecule has 0 saturated heterocycles. The molecule has 11 aromatic rings. The summed E-state index contributed by atoms with van der Waals surface area (Å²) in [5.74, 6) is 5.07. The number of ether oxygens (including phenoxy) is 4. The van der Waals surface area contributed by atoms with Crippen LogP contribution < -0.4 is 24.7 Å². The van der Waals surface area contributed by atoms with Gasteiger partial charge in [0, 0.05) is 54.3 Å². The second kappa shape index (κ2) is 41.4. The second-order valence-electron chi connectivity index (χ2n) is 27.1. The molecule has 113 heavy (non-hydrogen) atoms. The Morgan fingerprint density at radius 1 is 0.442 bits per heavy atom. The fraction of sp³-hybridized carbons (Fsp3) is 0.247. The number of oxime groups is 1. The molecular formula is C89H86Br2F2N8O12. The van der Waals surface area contributed by atoms with Crippen molar-refractivity contribution in [3.63, 3.8) is 0 Å². The third-order valence-electron chi connectivity index (χ3n) is 18.4. The van der Waals surface area contributed by atoms with E-state index >= 15 is 0 Å². The normalized spacial score (nSPS) is 17.1. The summed E-state index contributed by atoms with van der Waals surface area (Å²) >= 11 is 7.12. The predicted molar refractivity (Wildman–Crippen MR) is 437 cm³/mol. The Balaban J connectivity index is 0.000000140. The van der Waals surface area contributed by atoms with E-state index in [1.165, 1.54) is 11.1 Å². The number of aryl methyl sites for hydroxylation is 3. The molecule has 24 heteroatoms. The van der Waals surface area contributed by atoms with E-state index in [4.69, 9.17) is 48.6 Å². The number of aromatic nitrogens is 6. The summed E-state index contributed by atoms with van der Waals surface area (Å²) in [4.78, 5) is 34.0. The maximum atomic E-state index is 13.8. The molecule has 582 valence electrons. The fourth-order valence-electron chi connectivity index (χ4n) is 11.9. The number of carboxylic acid groups (broad SMARTS) is 1. The summed E-state index contributed by atoms with van der Waals surface area (Å²) in [5, 5.41) is 41.5. The molecule has 5 aliphatic carbocycles. The van der Waals surface area contributed by atoms with Gasteiger partial charge in [0.25, 0.3) is 17.7 Å². The zero-order valence-corrected chi connectivity index (χ0v) is 65.8. The number of carbonyl (C=O) groups is 2. The summed E-state index contributed by atoms with van der Waals surface area (Å²) in [6.45, 7) is 6.00. The van der Waals surface area contributed by atoms with Crippen LogP contribution in [0.15, 0.2) is 270 Å². The van der Waals surface area contributed by atoms with E-state index < -0.39 is 18.2 Å². The van der Waals surface area contributed by atoms with Crippen molar-refractivity contribution in [3.05, 3.63) is 279 Å². The fourth-order valence-corrected chi connectivity index (χ4v) is 13.0. The van der Waals surface area contributed by atoms with Crippen LogP contribution in [-0.4, -0.2) is 87.8 Å². The Hall–Kier alpha value is -11.9. The number of aromatic carboxylic acids is 1. The average molecular weight is 1660 g/mol.